The second-order valence-electron chi connectivity index (χ2n) is 2.04. The lowest BCUT2D eigenvalue weighted by molar-refractivity contribution is 0.141. The van der Waals surface area contributed by atoms with Gasteiger partial charge >= 0.3 is 0 Å². The van der Waals surface area contributed by atoms with Crippen molar-refractivity contribution in [1.82, 2.24) is 4.98 Å². The van der Waals surface area contributed by atoms with Crippen molar-refractivity contribution in [1.29, 1.82) is 0 Å². The van der Waals surface area contributed by atoms with Gasteiger partial charge in [-0.3, -0.25) is 4.98 Å². The molecule has 0 aliphatic carbocycles. The van der Waals surface area contributed by atoms with Crippen LogP contribution in [0.4, 0.5) is 8.78 Å². The highest BCUT2D eigenvalue weighted by molar-refractivity contribution is 9.10. The smallest absolute Gasteiger partial charge is 0.284 e. The molecule has 66 valence electrons. The second-order valence-corrected chi connectivity index (χ2v) is 2.96. The third kappa shape index (κ3) is 1.91. The molecule has 5 heteroatoms. The highest BCUT2D eigenvalue weighted by Crippen LogP contribution is 2.28. The van der Waals surface area contributed by atoms with Crippen LogP contribution in [0, 0.1) is 0 Å². The van der Waals surface area contributed by atoms with Gasteiger partial charge < -0.3 is 4.74 Å². The van der Waals surface area contributed by atoms with Crippen molar-refractivity contribution < 1.29 is 13.5 Å². The fraction of sp³-hybridized carbons (Fsp3) is 0.286. The molecule has 1 rings (SSSR count). The number of hydrogen-bond donors (Lipinski definition) is 0. The van der Waals surface area contributed by atoms with Gasteiger partial charge in [-0.2, -0.15) is 0 Å². The van der Waals surface area contributed by atoms with Crippen LogP contribution in [0.25, 0.3) is 0 Å². The van der Waals surface area contributed by atoms with Crippen LogP contribution < -0.4 is 4.74 Å². The number of aromatic nitrogens is 1. The molecule has 0 saturated carbocycles. The molecule has 1 aromatic rings. The first-order chi connectivity index (χ1) is 5.65. The summed E-state index contributed by atoms with van der Waals surface area (Å²) >= 11 is 3.10. The van der Waals surface area contributed by atoms with E-state index in [0.717, 1.165) is 0 Å². The predicted molar refractivity (Wildman–Crippen MR) is 43.4 cm³/mol. The summed E-state index contributed by atoms with van der Waals surface area (Å²) in [5, 5.41) is 0. The Hall–Kier alpha value is -0.710. The first-order valence-electron chi connectivity index (χ1n) is 3.12. The second kappa shape index (κ2) is 3.80. The summed E-state index contributed by atoms with van der Waals surface area (Å²) in [6.45, 7) is 0. The largest absolute Gasteiger partial charge is 0.495 e. The third-order valence-electron chi connectivity index (χ3n) is 1.28. The van der Waals surface area contributed by atoms with E-state index in [2.05, 4.69) is 20.9 Å². The van der Waals surface area contributed by atoms with Gasteiger partial charge in [0, 0.05) is 10.7 Å². The van der Waals surface area contributed by atoms with Crippen LogP contribution in [0.2, 0.25) is 0 Å². The van der Waals surface area contributed by atoms with Crippen molar-refractivity contribution >= 4 is 15.9 Å². The molecule has 1 heterocycles. The summed E-state index contributed by atoms with van der Waals surface area (Å²) in [4.78, 5) is 3.53. The quantitative estimate of drug-likeness (QED) is 0.790. The number of nitrogens with zero attached hydrogens (tertiary/aromatic N) is 1. The summed E-state index contributed by atoms with van der Waals surface area (Å²) < 4.78 is 29.7. The molecule has 12 heavy (non-hydrogen) atoms. The van der Waals surface area contributed by atoms with Gasteiger partial charge in [0.15, 0.2) is 0 Å². The van der Waals surface area contributed by atoms with Gasteiger partial charge in [-0.25, -0.2) is 8.78 Å². The Balaban J connectivity index is 3.11. The maximum Gasteiger partial charge on any atom is 0.284 e. The minimum absolute atomic E-state index is 0.0966. The molecule has 1 aromatic heterocycles. The summed E-state index contributed by atoms with van der Waals surface area (Å²) in [6.07, 6.45) is -1.29. The summed E-state index contributed by atoms with van der Waals surface area (Å²) in [6, 6.07) is 1.45. The molecule has 0 unspecified atom stereocenters. The van der Waals surface area contributed by atoms with Crippen LogP contribution in [0.15, 0.2) is 16.7 Å². The van der Waals surface area contributed by atoms with Crippen LogP contribution in [-0.4, -0.2) is 12.1 Å². The van der Waals surface area contributed by atoms with Crippen molar-refractivity contribution in [2.75, 3.05) is 7.11 Å². The summed E-state index contributed by atoms with van der Waals surface area (Å²) in [5.41, 5.74) is -0.333. The number of halogens is 3. The Morgan fingerprint density at radius 3 is 2.75 bits per heavy atom. The molecule has 0 amide bonds. The third-order valence-corrected chi connectivity index (χ3v) is 1.71. The zero-order valence-electron chi connectivity index (χ0n) is 6.22. The first kappa shape index (κ1) is 9.38. The van der Waals surface area contributed by atoms with E-state index in [1.165, 1.54) is 19.4 Å². The zero-order valence-corrected chi connectivity index (χ0v) is 7.81. The Morgan fingerprint density at radius 1 is 1.58 bits per heavy atom. The number of pyridine rings is 1. The van der Waals surface area contributed by atoms with Crippen molar-refractivity contribution in [3.05, 3.63) is 22.4 Å². The normalized spacial score (nSPS) is 10.4. The molecule has 0 aromatic carbocycles. The monoisotopic (exact) mass is 237 g/mol. The van der Waals surface area contributed by atoms with Gasteiger partial charge in [0.05, 0.1) is 7.11 Å². The lowest BCUT2D eigenvalue weighted by Crippen LogP contribution is -1.95. The van der Waals surface area contributed by atoms with Gasteiger partial charge in [-0.1, -0.05) is 0 Å². The minimum atomic E-state index is -2.60. The van der Waals surface area contributed by atoms with E-state index < -0.39 is 6.43 Å². The predicted octanol–water partition coefficient (Wildman–Crippen LogP) is 2.79. The average molecular weight is 238 g/mol. The SMILES string of the molecule is COc1cc(Br)cnc1C(F)F. The number of rotatable bonds is 2. The van der Waals surface area contributed by atoms with Crippen LogP contribution in [0.3, 0.4) is 0 Å². The van der Waals surface area contributed by atoms with Crippen molar-refractivity contribution in [2.24, 2.45) is 0 Å². The molecule has 0 atom stereocenters. The number of alkyl halides is 2. The molecule has 0 aliphatic heterocycles. The topological polar surface area (TPSA) is 22.1 Å². The lowest BCUT2D eigenvalue weighted by atomic mass is 10.3. The highest BCUT2D eigenvalue weighted by Gasteiger charge is 2.15. The van der Waals surface area contributed by atoms with E-state index in [0.29, 0.717) is 4.47 Å². The molecule has 0 saturated heterocycles. The maximum absolute atomic E-state index is 12.2. The molecule has 2 nitrogen and oxygen atoms in total. The zero-order chi connectivity index (χ0) is 9.14. The van der Waals surface area contributed by atoms with E-state index in [-0.39, 0.29) is 11.4 Å². The van der Waals surface area contributed by atoms with E-state index in [9.17, 15) is 8.78 Å². The fourth-order valence-corrected chi connectivity index (χ4v) is 1.07. The fourth-order valence-electron chi connectivity index (χ4n) is 0.759. The number of methoxy groups -OCH3 is 1. The van der Waals surface area contributed by atoms with Crippen molar-refractivity contribution in [2.45, 2.75) is 6.43 Å². The Morgan fingerprint density at radius 2 is 2.25 bits per heavy atom. The summed E-state index contributed by atoms with van der Waals surface area (Å²) in [5.74, 6) is 0.0966. The van der Waals surface area contributed by atoms with Crippen molar-refractivity contribution in [3.63, 3.8) is 0 Å². The molecule has 0 fully saturated rings. The molecule has 0 aliphatic rings. The Labute approximate surface area is 76.7 Å². The molecular weight excluding hydrogens is 232 g/mol. The van der Waals surface area contributed by atoms with Crippen molar-refractivity contribution in [3.8, 4) is 5.75 Å². The van der Waals surface area contributed by atoms with Gasteiger partial charge in [0.2, 0.25) is 0 Å². The van der Waals surface area contributed by atoms with Crippen LogP contribution >= 0.6 is 15.9 Å². The highest BCUT2D eigenvalue weighted by atomic mass is 79.9. The Kier molecular flexibility index (Phi) is 2.97. The molecular formula is C7H6BrF2NO. The molecule has 0 bridgehead atoms. The minimum Gasteiger partial charge on any atom is -0.495 e. The molecule has 0 N–H and O–H groups in total. The van der Waals surface area contributed by atoms with Gasteiger partial charge in [0.1, 0.15) is 11.4 Å². The van der Waals surface area contributed by atoms with E-state index in [1.807, 2.05) is 0 Å². The van der Waals surface area contributed by atoms with Gasteiger partial charge in [-0.05, 0) is 22.0 Å². The van der Waals surface area contributed by atoms with Gasteiger partial charge in [0.25, 0.3) is 6.43 Å². The Bertz CT molecular complexity index is 280. The van der Waals surface area contributed by atoms with Crippen LogP contribution in [0.5, 0.6) is 5.75 Å². The van der Waals surface area contributed by atoms with E-state index in [1.54, 1.807) is 0 Å². The van der Waals surface area contributed by atoms with E-state index >= 15 is 0 Å². The van der Waals surface area contributed by atoms with Gasteiger partial charge in [-0.15, -0.1) is 0 Å². The van der Waals surface area contributed by atoms with E-state index in [4.69, 9.17) is 4.74 Å². The number of ether oxygens (including phenoxy) is 1. The molecule has 0 radical (unpaired) electrons. The van der Waals surface area contributed by atoms with Crippen LogP contribution in [-0.2, 0) is 0 Å². The summed E-state index contributed by atoms with van der Waals surface area (Å²) in [7, 11) is 1.33. The van der Waals surface area contributed by atoms with Crippen LogP contribution in [0.1, 0.15) is 12.1 Å². The average Bonchev–Trinajstić information content (AvgIpc) is 2.03. The molecule has 0 spiro atoms. The maximum atomic E-state index is 12.2. The standard InChI is InChI=1S/C7H6BrF2NO/c1-12-5-2-4(8)3-11-6(5)7(9)10/h2-3,7H,1H3. The first-order valence-corrected chi connectivity index (χ1v) is 3.92. The number of hydrogen-bond acceptors (Lipinski definition) is 2. The lowest BCUT2D eigenvalue weighted by Gasteiger charge is -2.05.